The molecule has 42 heavy (non-hydrogen) atoms. The van der Waals surface area contributed by atoms with E-state index in [-0.39, 0.29) is 0 Å². The minimum atomic E-state index is 0.384. The molecule has 0 aliphatic carbocycles. The van der Waals surface area contributed by atoms with E-state index in [1.54, 1.807) is 21.3 Å². The first-order valence-electron chi connectivity index (χ1n) is 14.5. The van der Waals surface area contributed by atoms with E-state index in [0.29, 0.717) is 24.9 Å². The Balaban J connectivity index is 0.000000748. The van der Waals surface area contributed by atoms with E-state index in [2.05, 4.69) is 45.2 Å². The maximum atomic E-state index is 11.9. The number of methoxy groups -OCH3 is 3. The molecule has 0 atom stereocenters. The Morgan fingerprint density at radius 2 is 1.50 bits per heavy atom. The van der Waals surface area contributed by atoms with Gasteiger partial charge in [-0.3, -0.25) is 9.69 Å². The highest BCUT2D eigenvalue weighted by Crippen LogP contribution is 2.38. The lowest BCUT2D eigenvalue weighted by Gasteiger charge is -2.31. The number of aldehydes is 1. The van der Waals surface area contributed by atoms with Gasteiger partial charge < -0.3 is 33.0 Å². The Labute approximate surface area is 249 Å². The molecule has 2 fully saturated rings. The molecule has 2 aliphatic rings. The highest BCUT2D eigenvalue weighted by Gasteiger charge is 2.22. The van der Waals surface area contributed by atoms with Crippen molar-refractivity contribution >= 4 is 17.5 Å². The van der Waals surface area contributed by atoms with E-state index < -0.39 is 0 Å². The molecule has 4 heterocycles. The molecule has 0 amide bonds. The second kappa shape index (κ2) is 14.7. The number of pyridine rings is 1. The van der Waals surface area contributed by atoms with Crippen LogP contribution in [0, 0.1) is 6.92 Å². The third-order valence-corrected chi connectivity index (χ3v) is 7.87. The molecular formula is C33H45N3O6. The van der Waals surface area contributed by atoms with Gasteiger partial charge in [-0.1, -0.05) is 6.58 Å². The summed E-state index contributed by atoms with van der Waals surface area (Å²) in [5.74, 6) is 1.58. The molecule has 5 rings (SSSR count). The quantitative estimate of drug-likeness (QED) is 0.331. The summed E-state index contributed by atoms with van der Waals surface area (Å²) in [4.78, 5) is 16.5. The average molecular weight is 580 g/mol. The highest BCUT2D eigenvalue weighted by atomic mass is 16.5. The van der Waals surface area contributed by atoms with E-state index in [9.17, 15) is 4.79 Å². The fourth-order valence-corrected chi connectivity index (χ4v) is 5.28. The van der Waals surface area contributed by atoms with Crippen LogP contribution in [0.5, 0.6) is 11.5 Å². The van der Waals surface area contributed by atoms with Crippen molar-refractivity contribution in [3.63, 3.8) is 0 Å². The number of ether oxygens (including phenoxy) is 5. The smallest absolute Gasteiger partial charge is 0.150 e. The maximum Gasteiger partial charge on any atom is 0.150 e. The summed E-state index contributed by atoms with van der Waals surface area (Å²) in [6.45, 7) is 17.3. The van der Waals surface area contributed by atoms with E-state index in [1.807, 2.05) is 26.8 Å². The van der Waals surface area contributed by atoms with Gasteiger partial charge >= 0.3 is 0 Å². The second-order valence-electron chi connectivity index (χ2n) is 10.8. The van der Waals surface area contributed by atoms with Crippen LogP contribution in [0.3, 0.4) is 0 Å². The van der Waals surface area contributed by atoms with Gasteiger partial charge in [0, 0.05) is 62.7 Å². The van der Waals surface area contributed by atoms with Gasteiger partial charge in [0.2, 0.25) is 0 Å². The fraction of sp³-hybridized carbons (Fsp3) is 0.485. The summed E-state index contributed by atoms with van der Waals surface area (Å²) < 4.78 is 29.6. The van der Waals surface area contributed by atoms with Crippen LogP contribution >= 0.6 is 0 Å². The lowest BCUT2D eigenvalue weighted by atomic mass is 10.0. The number of fused-ring (bicyclic) bond motifs is 1. The van der Waals surface area contributed by atoms with Crippen molar-refractivity contribution in [1.82, 2.24) is 14.2 Å². The van der Waals surface area contributed by atoms with Crippen LogP contribution in [0.2, 0.25) is 0 Å². The number of hydrogen-bond donors (Lipinski definition) is 0. The van der Waals surface area contributed by atoms with Gasteiger partial charge in [-0.15, -0.1) is 0 Å². The fourth-order valence-electron chi connectivity index (χ4n) is 5.28. The molecule has 2 saturated heterocycles. The van der Waals surface area contributed by atoms with Gasteiger partial charge in [0.05, 0.1) is 63.7 Å². The molecule has 0 spiro atoms. The van der Waals surface area contributed by atoms with Crippen LogP contribution < -0.4 is 9.47 Å². The van der Waals surface area contributed by atoms with Crippen LogP contribution in [-0.4, -0.2) is 101 Å². The monoisotopic (exact) mass is 579 g/mol. The second-order valence-corrected chi connectivity index (χ2v) is 10.8. The minimum Gasteiger partial charge on any atom is -0.496 e. The summed E-state index contributed by atoms with van der Waals surface area (Å²) in [5, 5.41) is 0. The van der Waals surface area contributed by atoms with Gasteiger partial charge in [-0.2, -0.15) is 0 Å². The Bertz CT molecular complexity index is 1340. The zero-order valence-corrected chi connectivity index (χ0v) is 25.9. The van der Waals surface area contributed by atoms with Gasteiger partial charge in [-0.05, 0) is 56.2 Å². The zero-order valence-electron chi connectivity index (χ0n) is 25.9. The molecule has 9 nitrogen and oxygen atoms in total. The number of rotatable bonds is 9. The molecule has 0 N–H and O–H groups in total. The molecule has 0 bridgehead atoms. The molecule has 0 saturated carbocycles. The summed E-state index contributed by atoms with van der Waals surface area (Å²) in [5.41, 5.74) is 7.37. The van der Waals surface area contributed by atoms with Crippen molar-refractivity contribution in [3.05, 3.63) is 59.4 Å². The third kappa shape index (κ3) is 7.15. The van der Waals surface area contributed by atoms with Crippen molar-refractivity contribution in [3.8, 4) is 22.6 Å². The van der Waals surface area contributed by atoms with Crippen LogP contribution in [0.4, 0.5) is 0 Å². The molecule has 0 radical (unpaired) electrons. The zero-order chi connectivity index (χ0) is 30.2. The van der Waals surface area contributed by atoms with Crippen molar-refractivity contribution in [2.24, 2.45) is 0 Å². The number of nitrogens with zero attached hydrogens (tertiary/aromatic N) is 3. The SMILES string of the molecule is C=C(c1c(C)c(C=O)cc2cc(-c3cc(OC)c(CN4CCOCC4)c(OC)c3)cn12)N1CCOCC1.COC(C)C. The Kier molecular flexibility index (Phi) is 11.0. The van der Waals surface area contributed by atoms with Gasteiger partial charge in [0.25, 0.3) is 0 Å². The number of aromatic nitrogens is 1. The normalized spacial score (nSPS) is 15.8. The van der Waals surface area contributed by atoms with Gasteiger partial charge in [-0.25, -0.2) is 0 Å². The number of carbonyl (C=O) groups excluding carboxylic acids is 1. The first kappa shape index (κ1) is 31.6. The molecule has 9 heteroatoms. The standard InChI is InChI=1S/C29H35N3O5.C4H10O/c1-20-24(19-33)14-25-13-23(17-32(25)29(20)21(2)31-7-11-37-12-8-31)22-15-27(34-3)26(28(16-22)35-4)18-30-5-9-36-10-6-30;1-4(2)5-3/h13-17,19H,2,5-12,18H2,1,3-4H3;4H,1-3H3. The van der Waals surface area contributed by atoms with E-state index >= 15 is 0 Å². The van der Waals surface area contributed by atoms with E-state index in [4.69, 9.17) is 23.7 Å². The van der Waals surface area contributed by atoms with Crippen LogP contribution in [0.25, 0.3) is 22.3 Å². The molecule has 1 aromatic carbocycles. The molecule has 3 aromatic rings. The average Bonchev–Trinajstić information content (AvgIpc) is 3.45. The highest BCUT2D eigenvalue weighted by molar-refractivity contribution is 5.85. The molecule has 0 unspecified atom stereocenters. The summed E-state index contributed by atoms with van der Waals surface area (Å²) in [7, 11) is 5.09. The maximum absolute atomic E-state index is 11.9. The number of hydrogen-bond acceptors (Lipinski definition) is 8. The Morgan fingerprint density at radius 3 is 2.02 bits per heavy atom. The van der Waals surface area contributed by atoms with Gasteiger partial charge in [0.1, 0.15) is 17.8 Å². The van der Waals surface area contributed by atoms with E-state index in [1.165, 1.54) is 0 Å². The van der Waals surface area contributed by atoms with Crippen molar-refractivity contribution in [2.45, 2.75) is 33.4 Å². The minimum absolute atomic E-state index is 0.384. The molecule has 2 aromatic heterocycles. The number of carbonyl (C=O) groups is 1. The number of benzene rings is 1. The van der Waals surface area contributed by atoms with Crippen LogP contribution in [-0.2, 0) is 20.8 Å². The topological polar surface area (TPSA) is 74.1 Å². The Morgan fingerprint density at radius 1 is 0.929 bits per heavy atom. The lowest BCUT2D eigenvalue weighted by Crippen LogP contribution is -2.35. The largest absolute Gasteiger partial charge is 0.496 e. The van der Waals surface area contributed by atoms with E-state index in [0.717, 1.165) is 103 Å². The first-order chi connectivity index (χ1) is 20.3. The lowest BCUT2D eigenvalue weighted by molar-refractivity contribution is 0.0335. The number of morpholine rings is 2. The third-order valence-electron chi connectivity index (χ3n) is 7.87. The predicted octanol–water partition coefficient (Wildman–Crippen LogP) is 4.92. The first-order valence-corrected chi connectivity index (χ1v) is 14.5. The van der Waals surface area contributed by atoms with Crippen molar-refractivity contribution in [2.75, 3.05) is 73.9 Å². The Hall–Kier alpha value is -3.37. The molecular weight excluding hydrogens is 534 g/mol. The predicted molar refractivity (Wildman–Crippen MR) is 166 cm³/mol. The van der Waals surface area contributed by atoms with Crippen molar-refractivity contribution in [1.29, 1.82) is 0 Å². The van der Waals surface area contributed by atoms with Crippen molar-refractivity contribution < 1.29 is 28.5 Å². The summed E-state index contributed by atoms with van der Waals surface area (Å²) in [6, 6.07) is 8.16. The van der Waals surface area contributed by atoms with Gasteiger partial charge in [0.15, 0.2) is 0 Å². The van der Waals surface area contributed by atoms with Crippen LogP contribution in [0.1, 0.15) is 41.0 Å². The molecule has 228 valence electrons. The summed E-state index contributed by atoms with van der Waals surface area (Å²) >= 11 is 0. The summed E-state index contributed by atoms with van der Waals surface area (Å²) in [6.07, 6.45) is 3.41. The molecule has 2 aliphatic heterocycles. The van der Waals surface area contributed by atoms with Crippen LogP contribution in [0.15, 0.2) is 37.0 Å².